The SMILES string of the molecule is CC(C)C[C@H](NC(=O)CNC(=O)CNC(=O)OCc1ccccc1)C(=O)Nc1ccc2c(CC(=O)NCCC(=O)O)c(-c3ccco3)c(=O)oc2c1. The van der Waals surface area contributed by atoms with Gasteiger partial charge in [-0.05, 0) is 47.7 Å². The molecule has 0 unspecified atom stereocenters. The number of rotatable bonds is 17. The van der Waals surface area contributed by atoms with Crippen molar-refractivity contribution in [3.8, 4) is 11.3 Å². The van der Waals surface area contributed by atoms with E-state index in [0.717, 1.165) is 5.56 Å². The first-order valence-corrected chi connectivity index (χ1v) is 16.3. The van der Waals surface area contributed by atoms with Gasteiger partial charge in [-0.2, -0.15) is 0 Å². The minimum absolute atomic E-state index is 0.0180. The molecule has 2 aromatic heterocycles. The van der Waals surface area contributed by atoms with E-state index < -0.39 is 60.4 Å². The van der Waals surface area contributed by atoms with Gasteiger partial charge in [-0.3, -0.25) is 24.0 Å². The number of furan rings is 1. The molecule has 16 nitrogen and oxygen atoms in total. The van der Waals surface area contributed by atoms with Gasteiger partial charge in [0.05, 0.1) is 25.6 Å². The number of hydrogen-bond acceptors (Lipinski definition) is 10. The Bertz CT molecular complexity index is 1960. The third-order valence-electron chi connectivity index (χ3n) is 7.46. The van der Waals surface area contributed by atoms with Gasteiger partial charge in [0.1, 0.15) is 36.1 Å². The van der Waals surface area contributed by atoms with Crippen LogP contribution in [-0.4, -0.2) is 66.5 Å². The molecule has 6 N–H and O–H groups in total. The van der Waals surface area contributed by atoms with E-state index >= 15 is 0 Å². The summed E-state index contributed by atoms with van der Waals surface area (Å²) >= 11 is 0. The smallest absolute Gasteiger partial charge is 0.407 e. The molecule has 5 amide bonds. The van der Waals surface area contributed by atoms with Crippen molar-refractivity contribution in [2.24, 2.45) is 5.92 Å². The van der Waals surface area contributed by atoms with Crippen molar-refractivity contribution in [1.82, 2.24) is 21.3 Å². The van der Waals surface area contributed by atoms with Crippen LogP contribution in [0.15, 0.2) is 80.6 Å². The summed E-state index contributed by atoms with van der Waals surface area (Å²) < 4.78 is 16.0. The van der Waals surface area contributed by atoms with Gasteiger partial charge < -0.3 is 45.3 Å². The van der Waals surface area contributed by atoms with Crippen LogP contribution >= 0.6 is 0 Å². The Morgan fingerprint density at radius 1 is 0.865 bits per heavy atom. The van der Waals surface area contributed by atoms with Crippen LogP contribution in [0.1, 0.15) is 37.8 Å². The first-order chi connectivity index (χ1) is 24.9. The van der Waals surface area contributed by atoms with Crippen LogP contribution in [0.4, 0.5) is 10.5 Å². The Labute approximate surface area is 297 Å². The minimum atomic E-state index is -1.08. The maximum absolute atomic E-state index is 13.4. The monoisotopic (exact) mass is 717 g/mol. The number of nitrogens with one attached hydrogen (secondary N) is 5. The number of carbonyl (C=O) groups is 6. The van der Waals surface area contributed by atoms with E-state index in [1.165, 1.54) is 24.5 Å². The van der Waals surface area contributed by atoms with E-state index in [1.54, 1.807) is 36.4 Å². The normalized spacial score (nSPS) is 11.4. The number of anilines is 1. The van der Waals surface area contributed by atoms with Gasteiger partial charge >= 0.3 is 17.7 Å². The molecule has 0 radical (unpaired) electrons. The minimum Gasteiger partial charge on any atom is -0.481 e. The molecule has 2 aromatic carbocycles. The van der Waals surface area contributed by atoms with Gasteiger partial charge in [-0.15, -0.1) is 0 Å². The van der Waals surface area contributed by atoms with Crippen LogP contribution in [0.2, 0.25) is 0 Å². The van der Waals surface area contributed by atoms with Gasteiger partial charge in [0.25, 0.3) is 0 Å². The van der Waals surface area contributed by atoms with Gasteiger partial charge in [-0.1, -0.05) is 44.2 Å². The van der Waals surface area contributed by atoms with Crippen LogP contribution in [0.25, 0.3) is 22.3 Å². The highest BCUT2D eigenvalue weighted by Crippen LogP contribution is 2.30. The zero-order valence-corrected chi connectivity index (χ0v) is 28.5. The van der Waals surface area contributed by atoms with Crippen molar-refractivity contribution < 1.29 is 47.4 Å². The van der Waals surface area contributed by atoms with E-state index in [1.807, 2.05) is 19.9 Å². The number of alkyl carbamates (subject to hydrolysis) is 1. The van der Waals surface area contributed by atoms with Gasteiger partial charge in [0, 0.05) is 23.7 Å². The summed E-state index contributed by atoms with van der Waals surface area (Å²) in [7, 11) is 0. The average Bonchev–Trinajstić information content (AvgIpc) is 3.63. The maximum atomic E-state index is 13.4. The quantitative estimate of drug-likeness (QED) is 0.0869. The topological polar surface area (TPSA) is 235 Å². The molecule has 0 spiro atoms. The first-order valence-electron chi connectivity index (χ1n) is 16.3. The second-order valence-electron chi connectivity index (χ2n) is 12.0. The number of carboxylic acids is 1. The van der Waals surface area contributed by atoms with Crippen LogP contribution in [0, 0.1) is 5.92 Å². The lowest BCUT2D eigenvalue weighted by Gasteiger charge is -2.20. The standard InChI is InChI=1S/C36H39N5O11/c1-21(2)15-26(41-31(44)19-38-30(43)18-39-36(49)51-20-22-7-4-3-5-8-22)34(47)40-23-10-11-24-25(17-29(42)37-13-12-32(45)46)33(27-9-6-14-50-27)35(48)52-28(24)16-23/h3-11,14,16,21,26H,12-13,15,17-20H2,1-2H3,(H,37,42)(H,38,43)(H,39,49)(H,40,47)(H,41,44)(H,45,46)/t26-/m0/s1. The molecule has 0 saturated heterocycles. The van der Waals surface area contributed by atoms with E-state index in [0.29, 0.717) is 5.39 Å². The zero-order valence-electron chi connectivity index (χ0n) is 28.5. The molecular formula is C36H39N5O11. The second-order valence-corrected chi connectivity index (χ2v) is 12.0. The molecule has 16 heteroatoms. The van der Waals surface area contributed by atoms with Crippen LogP contribution in [-0.2, 0) is 41.7 Å². The number of aliphatic carboxylic acids is 1. The predicted molar refractivity (Wildman–Crippen MR) is 187 cm³/mol. The zero-order chi connectivity index (χ0) is 37.6. The number of carbonyl (C=O) groups excluding carboxylic acids is 5. The van der Waals surface area contributed by atoms with Gasteiger partial charge in [-0.25, -0.2) is 9.59 Å². The van der Waals surface area contributed by atoms with E-state index in [2.05, 4.69) is 26.6 Å². The molecule has 0 fully saturated rings. The fourth-order valence-corrected chi connectivity index (χ4v) is 5.07. The molecule has 0 saturated carbocycles. The van der Waals surface area contributed by atoms with Crippen LogP contribution in [0.5, 0.6) is 0 Å². The Morgan fingerprint density at radius 3 is 2.31 bits per heavy atom. The molecule has 0 aliphatic carbocycles. The maximum Gasteiger partial charge on any atom is 0.407 e. The van der Waals surface area contributed by atoms with Crippen molar-refractivity contribution in [2.75, 3.05) is 25.0 Å². The van der Waals surface area contributed by atoms with Crippen molar-refractivity contribution in [2.45, 2.75) is 45.8 Å². The molecule has 274 valence electrons. The van der Waals surface area contributed by atoms with E-state index in [9.17, 15) is 33.6 Å². The fourth-order valence-electron chi connectivity index (χ4n) is 5.07. The second kappa shape index (κ2) is 18.5. The Balaban J connectivity index is 1.39. The highest BCUT2D eigenvalue weighted by molar-refractivity contribution is 6.00. The lowest BCUT2D eigenvalue weighted by Crippen LogP contribution is -2.49. The fraction of sp³-hybridized carbons (Fsp3) is 0.306. The Kier molecular flexibility index (Phi) is 13.7. The van der Waals surface area contributed by atoms with Crippen molar-refractivity contribution in [3.63, 3.8) is 0 Å². The van der Waals surface area contributed by atoms with Crippen molar-refractivity contribution in [3.05, 3.63) is 88.5 Å². The molecule has 0 aliphatic rings. The summed E-state index contributed by atoms with van der Waals surface area (Å²) in [5.74, 6) is -3.34. The summed E-state index contributed by atoms with van der Waals surface area (Å²) in [5.41, 5.74) is 0.548. The predicted octanol–water partition coefficient (Wildman–Crippen LogP) is 2.70. The highest BCUT2D eigenvalue weighted by Gasteiger charge is 2.24. The molecule has 4 rings (SSSR count). The first kappa shape index (κ1) is 38.4. The summed E-state index contributed by atoms with van der Waals surface area (Å²) in [6.07, 6.45) is 0.222. The largest absolute Gasteiger partial charge is 0.481 e. The number of benzene rings is 2. The summed E-state index contributed by atoms with van der Waals surface area (Å²) in [4.78, 5) is 87.0. The third kappa shape index (κ3) is 11.6. The number of amides is 5. The van der Waals surface area contributed by atoms with Crippen molar-refractivity contribution >= 4 is 52.3 Å². The molecule has 52 heavy (non-hydrogen) atoms. The number of ether oxygens (including phenoxy) is 1. The van der Waals surface area contributed by atoms with Gasteiger partial charge in [0.15, 0.2) is 0 Å². The Morgan fingerprint density at radius 2 is 1.62 bits per heavy atom. The molecule has 1 atom stereocenters. The molecule has 2 heterocycles. The summed E-state index contributed by atoms with van der Waals surface area (Å²) in [6, 6.07) is 15.6. The lowest BCUT2D eigenvalue weighted by molar-refractivity contribution is -0.137. The molecule has 0 aliphatic heterocycles. The van der Waals surface area contributed by atoms with E-state index in [-0.39, 0.29) is 66.5 Å². The van der Waals surface area contributed by atoms with E-state index in [4.69, 9.17) is 18.7 Å². The summed E-state index contributed by atoms with van der Waals surface area (Å²) in [6.45, 7) is 2.73. The average molecular weight is 718 g/mol. The van der Waals surface area contributed by atoms with Gasteiger partial charge in [0.2, 0.25) is 23.6 Å². The number of carboxylic acid groups (broad SMARTS) is 1. The van der Waals surface area contributed by atoms with Crippen LogP contribution in [0.3, 0.4) is 0 Å². The third-order valence-corrected chi connectivity index (χ3v) is 7.46. The molecule has 0 bridgehead atoms. The lowest BCUT2D eigenvalue weighted by atomic mass is 9.99. The highest BCUT2D eigenvalue weighted by atomic mass is 16.5. The molecular weight excluding hydrogens is 678 g/mol. The Hall–Kier alpha value is -6.45. The number of fused-ring (bicyclic) bond motifs is 1. The molecule has 4 aromatic rings. The number of hydrogen-bond donors (Lipinski definition) is 6. The summed E-state index contributed by atoms with van der Waals surface area (Å²) in [5, 5.41) is 21.8. The van der Waals surface area contributed by atoms with Crippen LogP contribution < -0.4 is 32.2 Å². The van der Waals surface area contributed by atoms with Crippen molar-refractivity contribution in [1.29, 1.82) is 0 Å².